The minimum absolute atomic E-state index is 0.210. The Morgan fingerprint density at radius 2 is 2.00 bits per heavy atom. The Balaban J connectivity index is 1.82. The first-order valence-electron chi connectivity index (χ1n) is 6.60. The molecule has 0 fully saturated rings. The van der Waals surface area contributed by atoms with Gasteiger partial charge in [0, 0.05) is 23.1 Å². The standard InChI is InChI=1S/C16H16BrFN2O/c1-11-10-12(6-7-13(11)17)19-9-8-16(21)20-15-5-3-2-4-14(15)18/h2-7,10,19H,8-9H2,1H3,(H,20,21). The molecule has 0 radical (unpaired) electrons. The molecule has 0 saturated carbocycles. The van der Waals surface area contributed by atoms with Crippen molar-refractivity contribution in [2.45, 2.75) is 13.3 Å². The van der Waals surface area contributed by atoms with Gasteiger partial charge in [-0.25, -0.2) is 4.39 Å². The molecule has 0 aliphatic carbocycles. The Morgan fingerprint density at radius 3 is 2.71 bits per heavy atom. The summed E-state index contributed by atoms with van der Waals surface area (Å²) in [6, 6.07) is 12.0. The number of aryl methyl sites for hydroxylation is 1. The quantitative estimate of drug-likeness (QED) is 0.842. The van der Waals surface area contributed by atoms with Crippen molar-refractivity contribution in [2.24, 2.45) is 0 Å². The van der Waals surface area contributed by atoms with Crippen molar-refractivity contribution in [3.63, 3.8) is 0 Å². The molecular formula is C16H16BrFN2O. The van der Waals surface area contributed by atoms with Crippen LogP contribution in [-0.4, -0.2) is 12.5 Å². The van der Waals surface area contributed by atoms with E-state index in [9.17, 15) is 9.18 Å². The number of halogens is 2. The van der Waals surface area contributed by atoms with Gasteiger partial charge in [0.05, 0.1) is 5.69 Å². The van der Waals surface area contributed by atoms with Gasteiger partial charge in [-0.2, -0.15) is 0 Å². The van der Waals surface area contributed by atoms with E-state index in [2.05, 4.69) is 26.6 Å². The molecule has 0 aliphatic rings. The molecule has 0 bridgehead atoms. The van der Waals surface area contributed by atoms with Crippen molar-refractivity contribution < 1.29 is 9.18 Å². The number of nitrogens with one attached hydrogen (secondary N) is 2. The van der Waals surface area contributed by atoms with Crippen molar-refractivity contribution in [3.05, 3.63) is 58.3 Å². The van der Waals surface area contributed by atoms with Gasteiger partial charge in [-0.1, -0.05) is 28.1 Å². The fourth-order valence-corrected chi connectivity index (χ4v) is 2.10. The highest BCUT2D eigenvalue weighted by molar-refractivity contribution is 9.10. The molecule has 0 aromatic heterocycles. The third-order valence-electron chi connectivity index (χ3n) is 2.99. The van der Waals surface area contributed by atoms with Gasteiger partial charge in [-0.05, 0) is 42.8 Å². The van der Waals surface area contributed by atoms with Gasteiger partial charge in [-0.3, -0.25) is 4.79 Å². The largest absolute Gasteiger partial charge is 0.385 e. The van der Waals surface area contributed by atoms with E-state index in [0.717, 1.165) is 15.7 Å². The van der Waals surface area contributed by atoms with E-state index in [1.54, 1.807) is 18.2 Å². The molecular weight excluding hydrogens is 335 g/mol. The van der Waals surface area contributed by atoms with Crippen LogP contribution < -0.4 is 10.6 Å². The van der Waals surface area contributed by atoms with Crippen LogP contribution in [0.3, 0.4) is 0 Å². The highest BCUT2D eigenvalue weighted by atomic mass is 79.9. The number of para-hydroxylation sites is 1. The zero-order valence-corrected chi connectivity index (χ0v) is 13.2. The van der Waals surface area contributed by atoms with Crippen LogP contribution in [0.2, 0.25) is 0 Å². The fraction of sp³-hybridized carbons (Fsp3) is 0.188. The van der Waals surface area contributed by atoms with Gasteiger partial charge in [-0.15, -0.1) is 0 Å². The molecule has 110 valence electrons. The summed E-state index contributed by atoms with van der Waals surface area (Å²) in [5.41, 5.74) is 2.28. The predicted octanol–water partition coefficient (Wildman–Crippen LogP) is 4.34. The molecule has 21 heavy (non-hydrogen) atoms. The lowest BCUT2D eigenvalue weighted by molar-refractivity contribution is -0.116. The van der Waals surface area contributed by atoms with Gasteiger partial charge in [0.25, 0.3) is 0 Å². The van der Waals surface area contributed by atoms with Crippen LogP contribution in [-0.2, 0) is 4.79 Å². The van der Waals surface area contributed by atoms with E-state index < -0.39 is 5.82 Å². The summed E-state index contributed by atoms with van der Waals surface area (Å²) in [6.45, 7) is 2.49. The lowest BCUT2D eigenvalue weighted by Crippen LogP contribution is -2.16. The molecule has 5 heteroatoms. The SMILES string of the molecule is Cc1cc(NCCC(=O)Nc2ccccc2F)ccc1Br. The zero-order chi connectivity index (χ0) is 15.2. The second-order valence-corrected chi connectivity index (χ2v) is 5.52. The molecule has 0 aliphatic heterocycles. The number of amides is 1. The van der Waals surface area contributed by atoms with Crippen LogP contribution in [0.25, 0.3) is 0 Å². The number of rotatable bonds is 5. The number of anilines is 2. The van der Waals surface area contributed by atoms with E-state index in [4.69, 9.17) is 0 Å². The molecule has 1 amide bonds. The van der Waals surface area contributed by atoms with Gasteiger partial charge in [0.1, 0.15) is 5.82 Å². The summed E-state index contributed by atoms with van der Waals surface area (Å²) >= 11 is 3.44. The minimum atomic E-state index is -0.428. The summed E-state index contributed by atoms with van der Waals surface area (Å²) in [7, 11) is 0. The third-order valence-corrected chi connectivity index (χ3v) is 3.88. The first-order valence-corrected chi connectivity index (χ1v) is 7.40. The average Bonchev–Trinajstić information content (AvgIpc) is 2.45. The number of carbonyl (C=O) groups is 1. The molecule has 2 rings (SSSR count). The Hall–Kier alpha value is -1.88. The smallest absolute Gasteiger partial charge is 0.226 e. The molecule has 0 spiro atoms. The van der Waals surface area contributed by atoms with Crippen LogP contribution in [0.5, 0.6) is 0 Å². The Morgan fingerprint density at radius 1 is 1.24 bits per heavy atom. The summed E-state index contributed by atoms with van der Waals surface area (Å²) in [5, 5.41) is 5.72. The van der Waals surface area contributed by atoms with Crippen LogP contribution in [0.1, 0.15) is 12.0 Å². The molecule has 0 atom stereocenters. The topological polar surface area (TPSA) is 41.1 Å². The van der Waals surface area contributed by atoms with Crippen LogP contribution >= 0.6 is 15.9 Å². The van der Waals surface area contributed by atoms with E-state index in [1.807, 2.05) is 25.1 Å². The monoisotopic (exact) mass is 350 g/mol. The molecule has 0 heterocycles. The third kappa shape index (κ3) is 4.56. The lowest BCUT2D eigenvalue weighted by atomic mass is 10.2. The van der Waals surface area contributed by atoms with Crippen molar-refractivity contribution in [2.75, 3.05) is 17.2 Å². The molecule has 2 aromatic rings. The van der Waals surface area contributed by atoms with Crippen LogP contribution in [0.15, 0.2) is 46.9 Å². The molecule has 0 unspecified atom stereocenters. The van der Waals surface area contributed by atoms with Crippen LogP contribution in [0, 0.1) is 12.7 Å². The minimum Gasteiger partial charge on any atom is -0.385 e. The number of benzene rings is 2. The second kappa shape index (κ2) is 7.22. The Bertz CT molecular complexity index is 646. The van der Waals surface area contributed by atoms with E-state index >= 15 is 0 Å². The normalized spacial score (nSPS) is 10.2. The maximum absolute atomic E-state index is 13.4. The van der Waals surface area contributed by atoms with Crippen molar-refractivity contribution in [1.29, 1.82) is 0 Å². The first kappa shape index (κ1) is 15.5. The molecule has 3 nitrogen and oxygen atoms in total. The van der Waals surface area contributed by atoms with Gasteiger partial charge in [0.2, 0.25) is 5.91 Å². The van der Waals surface area contributed by atoms with Crippen molar-refractivity contribution >= 4 is 33.2 Å². The number of hydrogen-bond donors (Lipinski definition) is 2. The Labute approximate surface area is 131 Å². The summed E-state index contributed by atoms with van der Waals surface area (Å²) < 4.78 is 14.4. The van der Waals surface area contributed by atoms with E-state index in [0.29, 0.717) is 6.54 Å². The first-order chi connectivity index (χ1) is 10.1. The van der Waals surface area contributed by atoms with Gasteiger partial charge in [0.15, 0.2) is 0 Å². The van der Waals surface area contributed by atoms with Crippen molar-refractivity contribution in [3.8, 4) is 0 Å². The number of hydrogen-bond acceptors (Lipinski definition) is 2. The maximum Gasteiger partial charge on any atom is 0.226 e. The van der Waals surface area contributed by atoms with E-state index in [1.165, 1.54) is 6.07 Å². The van der Waals surface area contributed by atoms with Crippen molar-refractivity contribution in [1.82, 2.24) is 0 Å². The average molecular weight is 351 g/mol. The second-order valence-electron chi connectivity index (χ2n) is 4.67. The number of carbonyl (C=O) groups excluding carboxylic acids is 1. The molecule has 2 N–H and O–H groups in total. The maximum atomic E-state index is 13.4. The molecule has 2 aromatic carbocycles. The van der Waals surface area contributed by atoms with Gasteiger partial charge < -0.3 is 10.6 Å². The summed E-state index contributed by atoms with van der Waals surface area (Å²) in [4.78, 5) is 11.8. The predicted molar refractivity (Wildman–Crippen MR) is 87.0 cm³/mol. The van der Waals surface area contributed by atoms with E-state index in [-0.39, 0.29) is 18.0 Å². The molecule has 0 saturated heterocycles. The lowest BCUT2D eigenvalue weighted by Gasteiger charge is -2.09. The summed E-state index contributed by atoms with van der Waals surface area (Å²) in [5.74, 6) is -0.649. The fourth-order valence-electron chi connectivity index (χ4n) is 1.85. The highest BCUT2D eigenvalue weighted by Gasteiger charge is 2.06. The Kier molecular flexibility index (Phi) is 5.33. The van der Waals surface area contributed by atoms with Gasteiger partial charge >= 0.3 is 0 Å². The van der Waals surface area contributed by atoms with Crippen LogP contribution in [0.4, 0.5) is 15.8 Å². The summed E-state index contributed by atoms with van der Waals surface area (Å²) in [6.07, 6.45) is 0.267. The zero-order valence-electron chi connectivity index (χ0n) is 11.6. The highest BCUT2D eigenvalue weighted by Crippen LogP contribution is 2.20.